The molecule has 1 heterocycles. The minimum absolute atomic E-state index is 0.176. The molecule has 1 fully saturated rings. The molecule has 3 amide bonds. The number of amides is 3. The first-order chi connectivity index (χ1) is 9.97. The van der Waals surface area contributed by atoms with Crippen molar-refractivity contribution in [3.8, 4) is 0 Å². The SMILES string of the molecule is CC(=O)Nc1ccc(NC(=O)N2CSC[C@H]2C(=O)O)cc1. The van der Waals surface area contributed by atoms with Crippen LogP contribution in [0.1, 0.15) is 6.92 Å². The summed E-state index contributed by atoms with van der Waals surface area (Å²) in [6.07, 6.45) is 0. The van der Waals surface area contributed by atoms with Crippen molar-refractivity contribution in [2.24, 2.45) is 0 Å². The van der Waals surface area contributed by atoms with Gasteiger partial charge in [0.25, 0.3) is 0 Å². The van der Waals surface area contributed by atoms with Gasteiger partial charge in [0.1, 0.15) is 6.04 Å². The van der Waals surface area contributed by atoms with Crippen molar-refractivity contribution in [2.75, 3.05) is 22.3 Å². The lowest BCUT2D eigenvalue weighted by Gasteiger charge is -2.20. The predicted molar refractivity (Wildman–Crippen MR) is 80.4 cm³/mol. The van der Waals surface area contributed by atoms with Crippen LogP contribution in [0.5, 0.6) is 0 Å². The van der Waals surface area contributed by atoms with E-state index in [9.17, 15) is 14.4 Å². The summed E-state index contributed by atoms with van der Waals surface area (Å²) >= 11 is 1.40. The Morgan fingerprint density at radius 1 is 1.19 bits per heavy atom. The van der Waals surface area contributed by atoms with Gasteiger partial charge in [-0.3, -0.25) is 4.79 Å². The van der Waals surface area contributed by atoms with E-state index in [1.54, 1.807) is 24.3 Å². The minimum atomic E-state index is -1.00. The van der Waals surface area contributed by atoms with Gasteiger partial charge in [0.05, 0.1) is 5.88 Å². The lowest BCUT2D eigenvalue weighted by Crippen LogP contribution is -2.43. The van der Waals surface area contributed by atoms with Crippen LogP contribution < -0.4 is 10.6 Å². The fourth-order valence-corrected chi connectivity index (χ4v) is 3.03. The van der Waals surface area contributed by atoms with Crippen LogP contribution in [-0.4, -0.2) is 45.6 Å². The molecule has 0 saturated carbocycles. The Morgan fingerprint density at radius 2 is 1.76 bits per heavy atom. The smallest absolute Gasteiger partial charge is 0.327 e. The zero-order chi connectivity index (χ0) is 15.4. The van der Waals surface area contributed by atoms with Gasteiger partial charge < -0.3 is 20.6 Å². The van der Waals surface area contributed by atoms with Gasteiger partial charge in [0.2, 0.25) is 5.91 Å². The van der Waals surface area contributed by atoms with Gasteiger partial charge in [0.15, 0.2) is 0 Å². The highest BCUT2D eigenvalue weighted by atomic mass is 32.2. The molecule has 1 saturated heterocycles. The molecule has 1 aromatic carbocycles. The third-order valence-electron chi connectivity index (χ3n) is 2.88. The molecule has 2 rings (SSSR count). The highest BCUT2D eigenvalue weighted by molar-refractivity contribution is 7.99. The summed E-state index contributed by atoms with van der Waals surface area (Å²) in [6.45, 7) is 1.41. The zero-order valence-electron chi connectivity index (χ0n) is 11.3. The van der Waals surface area contributed by atoms with Gasteiger partial charge in [-0.25, -0.2) is 9.59 Å². The third-order valence-corrected chi connectivity index (χ3v) is 3.90. The van der Waals surface area contributed by atoms with Crippen molar-refractivity contribution < 1.29 is 19.5 Å². The van der Waals surface area contributed by atoms with Gasteiger partial charge in [-0.15, -0.1) is 11.8 Å². The fraction of sp³-hybridized carbons (Fsp3) is 0.308. The molecule has 8 heteroatoms. The van der Waals surface area contributed by atoms with Crippen LogP contribution in [0, 0.1) is 0 Å². The molecular weight excluding hydrogens is 294 g/mol. The standard InChI is InChI=1S/C13H15N3O4S/c1-8(17)14-9-2-4-10(5-3-9)15-13(20)16-7-21-6-11(16)12(18)19/h2-5,11H,6-7H2,1H3,(H,14,17)(H,15,20)(H,18,19)/t11-/m0/s1. The average molecular weight is 309 g/mol. The number of nitrogens with zero attached hydrogens (tertiary/aromatic N) is 1. The van der Waals surface area contributed by atoms with Gasteiger partial charge in [-0.05, 0) is 24.3 Å². The highest BCUT2D eigenvalue weighted by Crippen LogP contribution is 2.22. The van der Waals surface area contributed by atoms with E-state index in [1.807, 2.05) is 0 Å². The molecular formula is C13H15N3O4S. The summed E-state index contributed by atoms with van der Waals surface area (Å²) in [5.41, 5.74) is 1.16. The second-order valence-electron chi connectivity index (χ2n) is 4.51. The Kier molecular flexibility index (Phi) is 4.69. The van der Waals surface area contributed by atoms with Crippen LogP contribution in [0.4, 0.5) is 16.2 Å². The van der Waals surface area contributed by atoms with E-state index in [2.05, 4.69) is 10.6 Å². The number of aliphatic carboxylic acids is 1. The van der Waals surface area contributed by atoms with Crippen molar-refractivity contribution >= 4 is 41.0 Å². The van der Waals surface area contributed by atoms with E-state index in [0.29, 0.717) is 23.0 Å². The first-order valence-corrected chi connectivity index (χ1v) is 7.38. The molecule has 0 aliphatic carbocycles. The zero-order valence-corrected chi connectivity index (χ0v) is 12.1. The summed E-state index contributed by atoms with van der Waals surface area (Å²) in [4.78, 5) is 35.3. The van der Waals surface area contributed by atoms with Gasteiger partial charge in [-0.2, -0.15) is 0 Å². The van der Waals surface area contributed by atoms with Gasteiger partial charge in [-0.1, -0.05) is 0 Å². The van der Waals surface area contributed by atoms with Crippen molar-refractivity contribution in [2.45, 2.75) is 13.0 Å². The highest BCUT2D eigenvalue weighted by Gasteiger charge is 2.34. The molecule has 0 radical (unpaired) electrons. The second kappa shape index (κ2) is 6.49. The molecule has 0 spiro atoms. The lowest BCUT2D eigenvalue weighted by atomic mass is 10.2. The van der Waals surface area contributed by atoms with Crippen LogP contribution in [0.3, 0.4) is 0 Å². The average Bonchev–Trinajstić information content (AvgIpc) is 2.90. The van der Waals surface area contributed by atoms with E-state index < -0.39 is 18.0 Å². The van der Waals surface area contributed by atoms with E-state index in [0.717, 1.165) is 0 Å². The Hall–Kier alpha value is -2.22. The minimum Gasteiger partial charge on any atom is -0.480 e. The molecule has 0 bridgehead atoms. The first kappa shape index (κ1) is 15.2. The monoisotopic (exact) mass is 309 g/mol. The van der Waals surface area contributed by atoms with Crippen molar-refractivity contribution in [1.82, 2.24) is 4.90 Å². The number of carbonyl (C=O) groups excluding carboxylic acids is 2. The van der Waals surface area contributed by atoms with Gasteiger partial charge >= 0.3 is 12.0 Å². The van der Waals surface area contributed by atoms with E-state index in [1.165, 1.54) is 23.6 Å². The summed E-state index contributed by atoms with van der Waals surface area (Å²) in [7, 11) is 0. The lowest BCUT2D eigenvalue weighted by molar-refractivity contribution is -0.140. The van der Waals surface area contributed by atoms with Crippen LogP contribution in [-0.2, 0) is 9.59 Å². The topological polar surface area (TPSA) is 98.7 Å². The summed E-state index contributed by atoms with van der Waals surface area (Å²) in [5.74, 6) is -0.432. The number of nitrogens with one attached hydrogen (secondary N) is 2. The maximum atomic E-state index is 12.1. The first-order valence-electron chi connectivity index (χ1n) is 6.23. The predicted octanol–water partition coefficient (Wildman–Crippen LogP) is 1.64. The Balaban J connectivity index is 1.99. The maximum Gasteiger partial charge on any atom is 0.327 e. The molecule has 1 aromatic rings. The number of carboxylic acids is 1. The third kappa shape index (κ3) is 3.88. The number of hydrogen-bond acceptors (Lipinski definition) is 4. The summed E-state index contributed by atoms with van der Waals surface area (Å²) < 4.78 is 0. The van der Waals surface area contributed by atoms with Crippen LogP contribution >= 0.6 is 11.8 Å². The van der Waals surface area contributed by atoms with Gasteiger partial charge in [0, 0.05) is 24.1 Å². The molecule has 0 aromatic heterocycles. The van der Waals surface area contributed by atoms with Crippen LogP contribution in [0.2, 0.25) is 0 Å². The number of benzene rings is 1. The normalized spacial score (nSPS) is 17.4. The van der Waals surface area contributed by atoms with Crippen molar-refractivity contribution in [3.63, 3.8) is 0 Å². The Bertz CT molecular complexity index is 561. The summed E-state index contributed by atoms with van der Waals surface area (Å²) in [6, 6.07) is 5.35. The maximum absolute atomic E-state index is 12.1. The van der Waals surface area contributed by atoms with E-state index >= 15 is 0 Å². The number of rotatable bonds is 3. The Morgan fingerprint density at radius 3 is 2.29 bits per heavy atom. The molecule has 1 aliphatic heterocycles. The fourth-order valence-electron chi connectivity index (χ4n) is 1.88. The number of carbonyl (C=O) groups is 3. The molecule has 1 aliphatic rings. The number of urea groups is 1. The molecule has 21 heavy (non-hydrogen) atoms. The number of hydrogen-bond donors (Lipinski definition) is 3. The summed E-state index contributed by atoms with van der Waals surface area (Å²) in [5, 5.41) is 14.3. The van der Waals surface area contributed by atoms with E-state index in [-0.39, 0.29) is 5.91 Å². The molecule has 1 atom stereocenters. The van der Waals surface area contributed by atoms with Crippen molar-refractivity contribution in [3.05, 3.63) is 24.3 Å². The molecule has 7 nitrogen and oxygen atoms in total. The van der Waals surface area contributed by atoms with Crippen LogP contribution in [0.25, 0.3) is 0 Å². The number of thioether (sulfide) groups is 1. The molecule has 0 unspecified atom stereocenters. The Labute approximate surface area is 125 Å². The molecule has 112 valence electrons. The van der Waals surface area contributed by atoms with E-state index in [4.69, 9.17) is 5.11 Å². The largest absolute Gasteiger partial charge is 0.480 e. The number of carboxylic acid groups (broad SMARTS) is 1. The second-order valence-corrected chi connectivity index (χ2v) is 5.51. The van der Waals surface area contributed by atoms with Crippen molar-refractivity contribution in [1.29, 1.82) is 0 Å². The number of anilines is 2. The quantitative estimate of drug-likeness (QED) is 0.788. The molecule has 3 N–H and O–H groups in total. The van der Waals surface area contributed by atoms with Crippen LogP contribution in [0.15, 0.2) is 24.3 Å².